The van der Waals surface area contributed by atoms with Crippen LogP contribution in [0.2, 0.25) is 0 Å². The van der Waals surface area contributed by atoms with Crippen molar-refractivity contribution in [3.8, 4) is 5.75 Å². The average molecular weight is 250 g/mol. The van der Waals surface area contributed by atoms with Crippen molar-refractivity contribution in [1.29, 1.82) is 0 Å². The van der Waals surface area contributed by atoms with E-state index in [1.165, 1.54) is 12.1 Å². The Balaban J connectivity index is 2.52. The molecule has 0 spiro atoms. The summed E-state index contributed by atoms with van der Waals surface area (Å²) in [7, 11) is 0. The Morgan fingerprint density at radius 1 is 1.22 bits per heavy atom. The second-order valence-electron chi connectivity index (χ2n) is 3.84. The number of phenolic OH excluding ortho intramolecular Hbond substituents is 1. The Hall–Kier alpha value is -2.31. The van der Waals surface area contributed by atoms with Gasteiger partial charge in [0.25, 0.3) is 0 Å². The Morgan fingerprint density at radius 3 is 2.67 bits per heavy atom. The summed E-state index contributed by atoms with van der Waals surface area (Å²) < 4.78 is 0.747. The number of para-hydroxylation sites is 1. The van der Waals surface area contributed by atoms with Crippen molar-refractivity contribution in [1.82, 2.24) is 0 Å². The van der Waals surface area contributed by atoms with Gasteiger partial charge in [0.2, 0.25) is 11.4 Å². The molecule has 1 aliphatic carbocycles. The highest BCUT2D eigenvalue weighted by molar-refractivity contribution is 5.94. The predicted octanol–water partition coefficient (Wildman–Crippen LogP) is 0.852. The summed E-state index contributed by atoms with van der Waals surface area (Å²) in [6, 6.07) is 4.49. The SMILES string of the molecule is O[NH2+]c1cccc(O)c1/[N+](O)=C1/C=CC=C(O)C1. The minimum atomic E-state index is -0.171. The summed E-state index contributed by atoms with van der Waals surface area (Å²) in [5.74, 6) is -0.0632. The van der Waals surface area contributed by atoms with Gasteiger partial charge in [-0.25, -0.2) is 5.21 Å². The maximum Gasteiger partial charge on any atom is 0.361 e. The highest BCUT2D eigenvalue weighted by atomic mass is 16.5. The van der Waals surface area contributed by atoms with E-state index in [4.69, 9.17) is 5.21 Å². The smallest absolute Gasteiger partial charge is 0.361 e. The summed E-state index contributed by atoms with van der Waals surface area (Å²) >= 11 is 0. The van der Waals surface area contributed by atoms with Crippen molar-refractivity contribution in [2.24, 2.45) is 0 Å². The number of benzene rings is 1. The number of hydrogen-bond donors (Lipinski definition) is 5. The summed E-state index contributed by atoms with van der Waals surface area (Å²) in [6.45, 7) is 0. The van der Waals surface area contributed by atoms with Crippen LogP contribution in [-0.2, 0) is 0 Å². The molecule has 0 bridgehead atoms. The van der Waals surface area contributed by atoms with E-state index in [2.05, 4.69) is 0 Å². The lowest BCUT2D eigenvalue weighted by Gasteiger charge is -2.04. The van der Waals surface area contributed by atoms with E-state index in [1.807, 2.05) is 0 Å². The maximum absolute atomic E-state index is 10.1. The average Bonchev–Trinajstić information content (AvgIpc) is 2.37. The number of hydrogen-bond acceptors (Lipinski definition) is 4. The minimum absolute atomic E-state index is 0.0642. The van der Waals surface area contributed by atoms with E-state index in [0.717, 1.165) is 10.2 Å². The summed E-state index contributed by atoms with van der Waals surface area (Å²) in [5, 5.41) is 38.3. The van der Waals surface area contributed by atoms with Crippen LogP contribution in [0.25, 0.3) is 0 Å². The zero-order valence-corrected chi connectivity index (χ0v) is 9.48. The lowest BCUT2D eigenvalue weighted by atomic mass is 10.1. The molecule has 6 nitrogen and oxygen atoms in total. The molecule has 0 fully saturated rings. The molecule has 0 amide bonds. The second-order valence-corrected chi connectivity index (χ2v) is 3.84. The molecule has 0 radical (unpaired) electrons. The first-order chi connectivity index (χ1) is 8.63. The number of aliphatic hydroxyl groups is 1. The van der Waals surface area contributed by atoms with Crippen LogP contribution in [0, 0.1) is 0 Å². The van der Waals surface area contributed by atoms with Crippen molar-refractivity contribution < 1.29 is 30.8 Å². The summed E-state index contributed by atoms with van der Waals surface area (Å²) in [5.41, 5.74) is 1.52. The van der Waals surface area contributed by atoms with Gasteiger partial charge in [0, 0.05) is 16.9 Å². The molecule has 1 aliphatic rings. The fourth-order valence-corrected chi connectivity index (χ4v) is 1.75. The largest absolute Gasteiger partial charge is 0.512 e. The number of aliphatic hydroxyl groups excluding tert-OH is 1. The highest BCUT2D eigenvalue weighted by Crippen LogP contribution is 2.31. The van der Waals surface area contributed by atoms with Gasteiger partial charge < -0.3 is 10.2 Å². The second kappa shape index (κ2) is 4.91. The van der Waals surface area contributed by atoms with Crippen LogP contribution in [0.4, 0.5) is 11.4 Å². The molecule has 6 N–H and O–H groups in total. The summed E-state index contributed by atoms with van der Waals surface area (Å²) in [6.07, 6.45) is 4.85. The fraction of sp³-hybridized carbons (Fsp3) is 0.0833. The fourth-order valence-electron chi connectivity index (χ4n) is 1.75. The van der Waals surface area contributed by atoms with E-state index in [9.17, 15) is 15.4 Å². The van der Waals surface area contributed by atoms with Crippen molar-refractivity contribution in [3.05, 3.63) is 42.2 Å². The van der Waals surface area contributed by atoms with E-state index >= 15 is 0 Å². The highest BCUT2D eigenvalue weighted by Gasteiger charge is 2.28. The number of rotatable bonds is 2. The van der Waals surface area contributed by atoms with Gasteiger partial charge in [-0.2, -0.15) is 5.48 Å². The topological polar surface area (TPSA) is 101 Å². The molecule has 0 saturated heterocycles. The van der Waals surface area contributed by atoms with Gasteiger partial charge in [0.1, 0.15) is 5.76 Å². The Morgan fingerprint density at radius 2 is 2.00 bits per heavy atom. The van der Waals surface area contributed by atoms with Crippen LogP contribution < -0.4 is 5.48 Å². The third-order valence-electron chi connectivity index (χ3n) is 2.61. The molecule has 94 valence electrons. The van der Waals surface area contributed by atoms with Gasteiger partial charge >= 0.3 is 5.69 Å². The molecule has 0 aliphatic heterocycles. The van der Waals surface area contributed by atoms with Crippen LogP contribution in [0.5, 0.6) is 5.75 Å². The molecular weight excluding hydrogens is 236 g/mol. The van der Waals surface area contributed by atoms with E-state index in [-0.39, 0.29) is 29.3 Å². The lowest BCUT2D eigenvalue weighted by molar-refractivity contribution is -0.830. The van der Waals surface area contributed by atoms with E-state index in [1.54, 1.807) is 24.3 Å². The van der Waals surface area contributed by atoms with Gasteiger partial charge in [0.15, 0.2) is 5.75 Å². The first kappa shape index (κ1) is 12.2. The number of nitrogens with two attached hydrogens (primary N) is 1. The van der Waals surface area contributed by atoms with Gasteiger partial charge in [-0.3, -0.25) is 5.21 Å². The zero-order valence-electron chi connectivity index (χ0n) is 9.48. The van der Waals surface area contributed by atoms with Gasteiger partial charge in [0.05, 0.1) is 6.42 Å². The van der Waals surface area contributed by atoms with Gasteiger partial charge in [-0.1, -0.05) is 12.1 Å². The van der Waals surface area contributed by atoms with Crippen molar-refractivity contribution in [2.75, 3.05) is 0 Å². The lowest BCUT2D eigenvalue weighted by Crippen LogP contribution is -2.73. The Bertz CT molecular complexity index is 561. The standard InChI is InChI=1S/C12H12N2O4/c15-9-4-1-3-8(7-9)14(18)12-10(13-17)5-2-6-11(12)16/h1-6,13,16-18H,7H2/p+2. The first-order valence-electron chi connectivity index (χ1n) is 5.34. The number of phenols is 1. The molecule has 6 heteroatoms. The third-order valence-corrected chi connectivity index (χ3v) is 2.61. The molecule has 1 aromatic rings. The molecular formula is C12H14N2O4+2. The number of nitrogens with zero attached hydrogens (tertiary/aromatic N) is 1. The van der Waals surface area contributed by atoms with Crippen molar-refractivity contribution in [3.63, 3.8) is 0 Å². The van der Waals surface area contributed by atoms with Gasteiger partial charge in [-0.15, -0.1) is 0 Å². The first-order valence-corrected chi connectivity index (χ1v) is 5.34. The molecule has 0 aromatic heterocycles. The normalized spacial score (nSPS) is 17.5. The predicted molar refractivity (Wildman–Crippen MR) is 62.7 cm³/mol. The van der Waals surface area contributed by atoms with Gasteiger partial charge in [-0.05, 0) is 12.1 Å². The van der Waals surface area contributed by atoms with E-state index in [0.29, 0.717) is 5.71 Å². The third kappa shape index (κ3) is 2.20. The van der Waals surface area contributed by atoms with Crippen LogP contribution in [-0.4, -0.2) is 31.1 Å². The summed E-state index contributed by atoms with van der Waals surface area (Å²) in [4.78, 5) is 0. The Kier molecular flexibility index (Phi) is 3.31. The van der Waals surface area contributed by atoms with E-state index < -0.39 is 0 Å². The van der Waals surface area contributed by atoms with Crippen LogP contribution in [0.1, 0.15) is 6.42 Å². The van der Waals surface area contributed by atoms with Crippen molar-refractivity contribution >= 4 is 17.1 Å². The minimum Gasteiger partial charge on any atom is -0.512 e. The van der Waals surface area contributed by atoms with Crippen LogP contribution in [0.15, 0.2) is 42.2 Å². The number of aromatic hydroxyl groups is 1. The Labute approximate surface area is 103 Å². The number of allylic oxidation sites excluding steroid dienone is 4. The molecule has 18 heavy (non-hydrogen) atoms. The van der Waals surface area contributed by atoms with Crippen LogP contribution >= 0.6 is 0 Å². The molecule has 0 saturated carbocycles. The molecule has 2 rings (SSSR count). The number of quaternary nitrogens is 1. The van der Waals surface area contributed by atoms with Crippen LogP contribution in [0.3, 0.4) is 0 Å². The molecule has 0 unspecified atom stereocenters. The van der Waals surface area contributed by atoms with Crippen molar-refractivity contribution in [2.45, 2.75) is 6.42 Å². The quantitative estimate of drug-likeness (QED) is 0.232. The molecule has 0 heterocycles. The molecule has 1 aromatic carbocycles. The maximum atomic E-state index is 10.1. The monoisotopic (exact) mass is 250 g/mol. The zero-order chi connectivity index (χ0) is 13.1. The molecule has 0 atom stereocenters.